The highest BCUT2D eigenvalue weighted by Crippen LogP contribution is 2.22. The molecule has 1 aliphatic heterocycles. The molecular weight excluding hydrogens is 306 g/mol. The van der Waals surface area contributed by atoms with Crippen LogP contribution in [-0.2, 0) is 27.2 Å². The Bertz CT molecular complexity index is 660. The minimum Gasteiger partial charge on any atom is -0.479 e. The van der Waals surface area contributed by atoms with E-state index in [1.165, 1.54) is 0 Å². The van der Waals surface area contributed by atoms with Crippen LogP contribution in [0, 0.1) is 0 Å². The van der Waals surface area contributed by atoms with Crippen LogP contribution in [0.2, 0.25) is 0 Å². The van der Waals surface area contributed by atoms with E-state index in [-0.39, 0.29) is 11.9 Å². The van der Waals surface area contributed by atoms with Gasteiger partial charge in [0, 0.05) is 6.04 Å². The van der Waals surface area contributed by atoms with Gasteiger partial charge in [-0.2, -0.15) is 0 Å². The molecular formula is C19H19NO4. The number of carboxylic acid groups (broad SMARTS) is 1. The molecule has 1 saturated heterocycles. The molecule has 24 heavy (non-hydrogen) atoms. The van der Waals surface area contributed by atoms with Crippen molar-refractivity contribution in [3.63, 3.8) is 0 Å². The van der Waals surface area contributed by atoms with Gasteiger partial charge >= 0.3 is 5.97 Å². The topological polar surface area (TPSA) is 78.9 Å². The summed E-state index contributed by atoms with van der Waals surface area (Å²) in [6, 6.07) is 19.7. The number of carbonyl (C=O) groups excluding carboxylic acids is 1. The van der Waals surface area contributed by atoms with E-state index in [2.05, 4.69) is 5.32 Å². The highest BCUT2D eigenvalue weighted by molar-refractivity contribution is 5.92. The quantitative estimate of drug-likeness (QED) is 0.761. The first kappa shape index (κ1) is 16.2. The molecule has 2 aromatic rings. The molecule has 0 saturated carbocycles. The van der Waals surface area contributed by atoms with E-state index < -0.39 is 18.2 Å². The van der Waals surface area contributed by atoms with E-state index in [1.807, 2.05) is 60.7 Å². The average molecular weight is 325 g/mol. The number of nitrogens with one attached hydrogen (secondary N) is 1. The second-order valence-electron chi connectivity index (χ2n) is 5.90. The molecule has 3 rings (SSSR count). The maximum absolute atomic E-state index is 12.2. The van der Waals surface area contributed by atoms with Crippen LogP contribution in [0.3, 0.4) is 0 Å². The number of epoxide rings is 1. The van der Waals surface area contributed by atoms with Gasteiger partial charge < -0.3 is 15.2 Å². The summed E-state index contributed by atoms with van der Waals surface area (Å²) in [5, 5.41) is 11.8. The lowest BCUT2D eigenvalue weighted by Crippen LogP contribution is -2.41. The predicted octanol–water partition coefficient (Wildman–Crippen LogP) is 1.81. The van der Waals surface area contributed by atoms with E-state index in [0.29, 0.717) is 12.8 Å². The third-order valence-corrected chi connectivity index (χ3v) is 3.99. The molecule has 5 nitrogen and oxygen atoms in total. The van der Waals surface area contributed by atoms with E-state index in [9.17, 15) is 9.59 Å². The van der Waals surface area contributed by atoms with Crippen LogP contribution in [0.1, 0.15) is 11.1 Å². The van der Waals surface area contributed by atoms with E-state index in [0.717, 1.165) is 11.1 Å². The fraction of sp³-hybridized carbons (Fsp3) is 0.263. The fourth-order valence-electron chi connectivity index (χ4n) is 2.75. The zero-order chi connectivity index (χ0) is 16.9. The van der Waals surface area contributed by atoms with Gasteiger partial charge in [-0.1, -0.05) is 60.7 Å². The molecule has 2 N–H and O–H groups in total. The van der Waals surface area contributed by atoms with Crippen LogP contribution in [0.4, 0.5) is 0 Å². The van der Waals surface area contributed by atoms with Gasteiger partial charge in [0.15, 0.2) is 12.2 Å². The minimum atomic E-state index is -1.10. The molecule has 0 spiro atoms. The Morgan fingerprint density at radius 3 is 1.83 bits per heavy atom. The van der Waals surface area contributed by atoms with Crippen molar-refractivity contribution < 1.29 is 19.4 Å². The second-order valence-corrected chi connectivity index (χ2v) is 5.90. The standard InChI is InChI=1S/C19H19NO4/c21-18(16-17(24-16)19(22)23)20-15(11-13-7-3-1-4-8-13)12-14-9-5-2-6-10-14/h1-10,15-17H,11-12H2,(H,20,21)(H,22,23)/t16-,17-/m0/s1. The normalized spacial score (nSPS) is 19.0. The van der Waals surface area contributed by atoms with E-state index in [1.54, 1.807) is 0 Å². The van der Waals surface area contributed by atoms with Gasteiger partial charge in [0.2, 0.25) is 0 Å². The van der Waals surface area contributed by atoms with E-state index >= 15 is 0 Å². The fourth-order valence-corrected chi connectivity index (χ4v) is 2.75. The zero-order valence-electron chi connectivity index (χ0n) is 13.1. The first-order valence-corrected chi connectivity index (χ1v) is 7.90. The summed E-state index contributed by atoms with van der Waals surface area (Å²) in [7, 11) is 0. The molecule has 0 aromatic heterocycles. The molecule has 0 bridgehead atoms. The lowest BCUT2D eigenvalue weighted by molar-refractivity contribution is -0.138. The summed E-state index contributed by atoms with van der Waals surface area (Å²) >= 11 is 0. The Balaban J connectivity index is 1.67. The van der Waals surface area contributed by atoms with Crippen molar-refractivity contribution in [1.82, 2.24) is 5.32 Å². The molecule has 2 atom stereocenters. The van der Waals surface area contributed by atoms with Crippen molar-refractivity contribution >= 4 is 11.9 Å². The number of aliphatic carboxylic acids is 1. The number of hydrogen-bond donors (Lipinski definition) is 2. The van der Waals surface area contributed by atoms with Gasteiger partial charge in [-0.3, -0.25) is 4.79 Å². The molecule has 2 aromatic carbocycles. The SMILES string of the molecule is O=C(O)[C@H]1O[C@@H]1C(=O)NC(Cc1ccccc1)Cc1ccccc1. The Kier molecular flexibility index (Phi) is 4.91. The predicted molar refractivity (Wildman–Crippen MR) is 88.5 cm³/mol. The number of carboxylic acids is 1. The Hall–Kier alpha value is -2.66. The Morgan fingerprint density at radius 1 is 0.917 bits per heavy atom. The lowest BCUT2D eigenvalue weighted by Gasteiger charge is -2.19. The van der Waals surface area contributed by atoms with Crippen LogP contribution in [0.15, 0.2) is 60.7 Å². The van der Waals surface area contributed by atoms with E-state index in [4.69, 9.17) is 9.84 Å². The summed E-state index contributed by atoms with van der Waals surface area (Å²) < 4.78 is 4.93. The average Bonchev–Trinajstić information content (AvgIpc) is 3.38. The van der Waals surface area contributed by atoms with Gasteiger partial charge in [0.1, 0.15) is 0 Å². The van der Waals surface area contributed by atoms with Crippen LogP contribution < -0.4 is 5.32 Å². The smallest absolute Gasteiger partial charge is 0.336 e. The number of amides is 1. The molecule has 124 valence electrons. The zero-order valence-corrected chi connectivity index (χ0v) is 13.1. The van der Waals surface area contributed by atoms with Crippen molar-refractivity contribution in [2.45, 2.75) is 31.1 Å². The van der Waals surface area contributed by atoms with Crippen molar-refractivity contribution in [3.05, 3.63) is 71.8 Å². The first-order chi connectivity index (χ1) is 11.6. The molecule has 1 aliphatic rings. The number of benzene rings is 2. The number of hydrogen-bond acceptors (Lipinski definition) is 3. The van der Waals surface area contributed by atoms with Crippen molar-refractivity contribution in [3.8, 4) is 0 Å². The highest BCUT2D eigenvalue weighted by Gasteiger charge is 2.50. The molecule has 0 aliphatic carbocycles. The van der Waals surface area contributed by atoms with Gasteiger partial charge in [0.25, 0.3) is 5.91 Å². The molecule has 5 heteroatoms. The maximum atomic E-state index is 12.2. The van der Waals surface area contributed by atoms with Crippen molar-refractivity contribution in [2.24, 2.45) is 0 Å². The number of rotatable bonds is 7. The summed E-state index contributed by atoms with van der Waals surface area (Å²) in [5.74, 6) is -1.46. The molecule has 0 radical (unpaired) electrons. The molecule has 1 heterocycles. The van der Waals surface area contributed by atoms with Gasteiger partial charge in [0.05, 0.1) is 0 Å². The van der Waals surface area contributed by atoms with Crippen LogP contribution in [0.25, 0.3) is 0 Å². The Labute approximate surface area is 140 Å². The Morgan fingerprint density at radius 2 is 1.42 bits per heavy atom. The van der Waals surface area contributed by atoms with Gasteiger partial charge in [-0.15, -0.1) is 0 Å². The van der Waals surface area contributed by atoms with Crippen LogP contribution >= 0.6 is 0 Å². The minimum absolute atomic E-state index is 0.124. The number of carbonyl (C=O) groups is 2. The van der Waals surface area contributed by atoms with Gasteiger partial charge in [-0.25, -0.2) is 4.79 Å². The first-order valence-electron chi connectivity index (χ1n) is 7.90. The molecule has 0 unspecified atom stereocenters. The summed E-state index contributed by atoms with van der Waals surface area (Å²) in [6.45, 7) is 0. The monoisotopic (exact) mass is 325 g/mol. The van der Waals surface area contributed by atoms with Gasteiger partial charge in [-0.05, 0) is 24.0 Å². The lowest BCUT2D eigenvalue weighted by atomic mass is 9.98. The summed E-state index contributed by atoms with van der Waals surface area (Å²) in [6.07, 6.45) is -0.548. The third kappa shape index (κ3) is 4.20. The summed E-state index contributed by atoms with van der Waals surface area (Å²) in [5.41, 5.74) is 2.23. The molecule has 1 fully saturated rings. The highest BCUT2D eigenvalue weighted by atomic mass is 16.6. The van der Waals surface area contributed by atoms with Crippen molar-refractivity contribution in [2.75, 3.05) is 0 Å². The largest absolute Gasteiger partial charge is 0.479 e. The maximum Gasteiger partial charge on any atom is 0.336 e. The second kappa shape index (κ2) is 7.27. The van der Waals surface area contributed by atoms with Crippen LogP contribution in [0.5, 0.6) is 0 Å². The van der Waals surface area contributed by atoms with Crippen LogP contribution in [-0.4, -0.2) is 35.2 Å². The third-order valence-electron chi connectivity index (χ3n) is 3.99. The van der Waals surface area contributed by atoms with Crippen molar-refractivity contribution in [1.29, 1.82) is 0 Å². The molecule has 1 amide bonds. The number of ether oxygens (including phenoxy) is 1. The summed E-state index contributed by atoms with van der Waals surface area (Å²) in [4.78, 5) is 23.1.